The molecular formula is C20H14N2O4. The van der Waals surface area contributed by atoms with E-state index in [1.165, 1.54) is 0 Å². The van der Waals surface area contributed by atoms with Gasteiger partial charge in [-0.1, -0.05) is 12.1 Å². The lowest BCUT2D eigenvalue weighted by molar-refractivity contribution is 0.174. The summed E-state index contributed by atoms with van der Waals surface area (Å²) in [6, 6.07) is 16.4. The van der Waals surface area contributed by atoms with Crippen LogP contribution in [0.2, 0.25) is 0 Å². The highest BCUT2D eigenvalue weighted by molar-refractivity contribution is 5.76. The van der Waals surface area contributed by atoms with Gasteiger partial charge < -0.3 is 19.2 Å². The second-order valence-corrected chi connectivity index (χ2v) is 5.71. The Morgan fingerprint density at radius 3 is 2.50 bits per heavy atom. The van der Waals surface area contributed by atoms with Crippen molar-refractivity contribution in [3.05, 3.63) is 64.4 Å². The monoisotopic (exact) mass is 346 g/mol. The van der Waals surface area contributed by atoms with Crippen molar-refractivity contribution in [1.29, 1.82) is 5.26 Å². The molecule has 1 aromatic heterocycles. The summed E-state index contributed by atoms with van der Waals surface area (Å²) < 4.78 is 15.9. The number of fused-ring (bicyclic) bond motifs is 1. The lowest BCUT2D eigenvalue weighted by Crippen LogP contribution is -2.12. The molecule has 0 amide bonds. The number of nitrogens with one attached hydrogen (secondary N) is 1. The van der Waals surface area contributed by atoms with Crippen LogP contribution in [0.4, 0.5) is 0 Å². The Morgan fingerprint density at radius 2 is 1.77 bits per heavy atom. The first-order valence-electron chi connectivity index (χ1n) is 7.91. The number of benzene rings is 2. The van der Waals surface area contributed by atoms with Crippen molar-refractivity contribution in [3.63, 3.8) is 0 Å². The Kier molecular flexibility index (Phi) is 3.82. The van der Waals surface area contributed by atoms with Crippen LogP contribution in [0.5, 0.6) is 17.2 Å². The molecule has 6 heteroatoms. The van der Waals surface area contributed by atoms with Crippen molar-refractivity contribution in [1.82, 2.24) is 4.98 Å². The van der Waals surface area contributed by atoms with Gasteiger partial charge in [-0.2, -0.15) is 5.26 Å². The molecule has 2 aromatic carbocycles. The van der Waals surface area contributed by atoms with Crippen LogP contribution in [-0.4, -0.2) is 18.9 Å². The van der Waals surface area contributed by atoms with Gasteiger partial charge in [-0.25, -0.2) is 0 Å². The van der Waals surface area contributed by atoms with E-state index < -0.39 is 5.56 Å². The number of rotatable bonds is 3. The average Bonchev–Trinajstić information content (AvgIpc) is 3.15. The van der Waals surface area contributed by atoms with E-state index in [2.05, 4.69) is 4.98 Å². The van der Waals surface area contributed by atoms with E-state index in [9.17, 15) is 10.1 Å². The van der Waals surface area contributed by atoms with Crippen molar-refractivity contribution in [2.24, 2.45) is 0 Å². The molecular weight excluding hydrogens is 332 g/mol. The van der Waals surface area contributed by atoms with Crippen LogP contribution >= 0.6 is 0 Å². The van der Waals surface area contributed by atoms with Crippen LogP contribution in [0, 0.1) is 11.3 Å². The van der Waals surface area contributed by atoms with Gasteiger partial charge in [0.15, 0.2) is 11.5 Å². The van der Waals surface area contributed by atoms with Crippen LogP contribution in [-0.2, 0) is 0 Å². The van der Waals surface area contributed by atoms with E-state index in [0.29, 0.717) is 28.5 Å². The first-order chi connectivity index (χ1) is 12.7. The minimum absolute atomic E-state index is 0.0691. The smallest absolute Gasteiger partial charge is 0.266 e. The number of hydrogen-bond donors (Lipinski definition) is 1. The number of nitrogens with zero attached hydrogens (tertiary/aromatic N) is 1. The first kappa shape index (κ1) is 15.8. The predicted octanol–water partition coefficient (Wildman–Crippen LogP) is 3.32. The van der Waals surface area contributed by atoms with Crippen LogP contribution in [0.25, 0.3) is 22.4 Å². The predicted molar refractivity (Wildman–Crippen MR) is 95.3 cm³/mol. The zero-order valence-corrected chi connectivity index (χ0v) is 13.9. The molecule has 0 unspecified atom stereocenters. The molecule has 2 heterocycles. The standard InChI is InChI=1S/C20H14N2O4/c1-24-14-5-2-12(3-6-14)15-9-17(22-20(23)16(15)10-21)13-4-7-18-19(8-13)26-11-25-18/h2-9H,11H2,1H3,(H,22,23). The summed E-state index contributed by atoms with van der Waals surface area (Å²) in [5.74, 6) is 1.99. The molecule has 0 saturated heterocycles. The molecule has 1 aliphatic rings. The maximum atomic E-state index is 12.4. The summed E-state index contributed by atoms with van der Waals surface area (Å²) in [5.41, 5.74) is 2.32. The van der Waals surface area contributed by atoms with Gasteiger partial charge in [-0.15, -0.1) is 0 Å². The summed E-state index contributed by atoms with van der Waals surface area (Å²) in [6.45, 7) is 0.180. The Hall–Kier alpha value is -3.72. The quantitative estimate of drug-likeness (QED) is 0.786. The van der Waals surface area contributed by atoms with E-state index in [4.69, 9.17) is 14.2 Å². The lowest BCUT2D eigenvalue weighted by atomic mass is 9.99. The third-order valence-corrected chi connectivity index (χ3v) is 4.23. The Bertz CT molecular complexity index is 1080. The third-order valence-electron chi connectivity index (χ3n) is 4.23. The Morgan fingerprint density at radius 1 is 1.04 bits per heavy atom. The summed E-state index contributed by atoms with van der Waals surface area (Å²) >= 11 is 0. The van der Waals surface area contributed by atoms with Gasteiger partial charge in [0, 0.05) is 16.8 Å². The van der Waals surface area contributed by atoms with Gasteiger partial charge in [0.1, 0.15) is 17.4 Å². The molecule has 0 radical (unpaired) electrons. The molecule has 3 aromatic rings. The zero-order chi connectivity index (χ0) is 18.1. The number of pyridine rings is 1. The lowest BCUT2D eigenvalue weighted by Gasteiger charge is -2.09. The van der Waals surface area contributed by atoms with Gasteiger partial charge in [0.2, 0.25) is 6.79 Å². The number of aromatic amines is 1. The molecule has 0 atom stereocenters. The second kappa shape index (κ2) is 6.30. The molecule has 0 spiro atoms. The highest BCUT2D eigenvalue weighted by atomic mass is 16.7. The van der Waals surface area contributed by atoms with Gasteiger partial charge in [-0.3, -0.25) is 4.79 Å². The van der Waals surface area contributed by atoms with Crippen molar-refractivity contribution >= 4 is 0 Å². The molecule has 1 N–H and O–H groups in total. The molecule has 6 nitrogen and oxygen atoms in total. The number of ether oxygens (including phenoxy) is 3. The molecule has 4 rings (SSSR count). The van der Waals surface area contributed by atoms with Crippen LogP contribution in [0.15, 0.2) is 53.3 Å². The fraction of sp³-hybridized carbons (Fsp3) is 0.100. The Balaban J connectivity index is 1.86. The van der Waals surface area contributed by atoms with E-state index in [-0.39, 0.29) is 12.4 Å². The largest absolute Gasteiger partial charge is 0.497 e. The Labute approximate surface area is 149 Å². The van der Waals surface area contributed by atoms with E-state index in [0.717, 1.165) is 11.1 Å². The minimum Gasteiger partial charge on any atom is -0.497 e. The number of aromatic nitrogens is 1. The van der Waals surface area contributed by atoms with Crippen molar-refractivity contribution in [3.8, 4) is 45.7 Å². The molecule has 0 bridgehead atoms. The first-order valence-corrected chi connectivity index (χ1v) is 7.91. The summed E-state index contributed by atoms with van der Waals surface area (Å²) in [7, 11) is 1.58. The highest BCUT2D eigenvalue weighted by Crippen LogP contribution is 2.36. The van der Waals surface area contributed by atoms with Crippen LogP contribution in [0.1, 0.15) is 5.56 Å². The topological polar surface area (TPSA) is 84.3 Å². The van der Waals surface area contributed by atoms with Gasteiger partial charge in [0.25, 0.3) is 5.56 Å². The maximum Gasteiger partial charge on any atom is 0.266 e. The fourth-order valence-corrected chi connectivity index (χ4v) is 2.89. The van der Waals surface area contributed by atoms with Crippen LogP contribution in [0.3, 0.4) is 0 Å². The SMILES string of the molecule is COc1ccc(-c2cc(-c3ccc4c(c3)OCO4)[nH]c(=O)c2C#N)cc1. The van der Waals surface area contributed by atoms with Gasteiger partial charge in [-0.05, 0) is 42.0 Å². The number of hydrogen-bond acceptors (Lipinski definition) is 5. The van der Waals surface area contributed by atoms with Crippen LogP contribution < -0.4 is 19.8 Å². The average molecular weight is 346 g/mol. The van der Waals surface area contributed by atoms with E-state index in [1.807, 2.05) is 24.3 Å². The molecule has 1 aliphatic heterocycles. The molecule has 0 fully saturated rings. The zero-order valence-electron chi connectivity index (χ0n) is 13.9. The minimum atomic E-state index is -0.437. The normalized spacial score (nSPS) is 11.8. The third kappa shape index (κ3) is 2.66. The van der Waals surface area contributed by atoms with E-state index >= 15 is 0 Å². The summed E-state index contributed by atoms with van der Waals surface area (Å²) in [4.78, 5) is 15.2. The van der Waals surface area contributed by atoms with E-state index in [1.54, 1.807) is 37.4 Å². The summed E-state index contributed by atoms with van der Waals surface area (Å²) in [6.07, 6.45) is 0. The number of H-pyrrole nitrogens is 1. The van der Waals surface area contributed by atoms with Gasteiger partial charge in [0.05, 0.1) is 7.11 Å². The van der Waals surface area contributed by atoms with Gasteiger partial charge >= 0.3 is 0 Å². The van der Waals surface area contributed by atoms with Crippen molar-refractivity contribution < 1.29 is 14.2 Å². The second-order valence-electron chi connectivity index (χ2n) is 5.71. The number of nitriles is 1. The molecule has 128 valence electrons. The highest BCUT2D eigenvalue weighted by Gasteiger charge is 2.16. The molecule has 0 aliphatic carbocycles. The molecule has 0 saturated carbocycles. The van der Waals surface area contributed by atoms with Crippen molar-refractivity contribution in [2.75, 3.05) is 13.9 Å². The fourth-order valence-electron chi connectivity index (χ4n) is 2.89. The number of methoxy groups -OCH3 is 1. The summed E-state index contributed by atoms with van der Waals surface area (Å²) in [5, 5.41) is 9.42. The molecule has 26 heavy (non-hydrogen) atoms. The maximum absolute atomic E-state index is 12.4. The van der Waals surface area contributed by atoms with Crippen molar-refractivity contribution in [2.45, 2.75) is 0 Å².